The molecule has 8 aromatic carbocycles. The maximum atomic E-state index is 2.34. The van der Waals surface area contributed by atoms with Gasteiger partial charge in [-0.3, -0.25) is 0 Å². The highest BCUT2D eigenvalue weighted by atomic mass is 32.1. The summed E-state index contributed by atoms with van der Waals surface area (Å²) in [5.41, 5.74) is 13.1. The van der Waals surface area contributed by atoms with Crippen molar-refractivity contribution in [1.82, 2.24) is 0 Å². The summed E-state index contributed by atoms with van der Waals surface area (Å²) < 4.78 is 2.66. The van der Waals surface area contributed by atoms with Crippen LogP contribution >= 0.6 is 11.3 Å². The van der Waals surface area contributed by atoms with Crippen molar-refractivity contribution in [1.29, 1.82) is 0 Å². The van der Waals surface area contributed by atoms with Gasteiger partial charge in [0.25, 0.3) is 0 Å². The Labute approximate surface area is 297 Å². The fourth-order valence-corrected chi connectivity index (χ4v) is 7.96. The van der Waals surface area contributed by atoms with E-state index < -0.39 is 0 Å². The van der Waals surface area contributed by atoms with Crippen molar-refractivity contribution in [3.8, 4) is 44.5 Å². The maximum absolute atomic E-state index is 2.34. The highest BCUT2D eigenvalue weighted by Crippen LogP contribution is 2.39. The molecule has 0 spiro atoms. The zero-order valence-corrected chi connectivity index (χ0v) is 28.2. The Morgan fingerprint density at radius 2 is 0.620 bits per heavy atom. The van der Waals surface area contributed by atoms with Crippen LogP contribution in [0.25, 0.3) is 64.7 Å². The number of fused-ring (bicyclic) bond motifs is 3. The number of thiophene rings is 1. The molecule has 9 aromatic rings. The second-order valence-corrected chi connectivity index (χ2v) is 13.7. The molecule has 0 radical (unpaired) electrons. The van der Waals surface area contributed by atoms with Gasteiger partial charge >= 0.3 is 0 Å². The van der Waals surface area contributed by atoms with Gasteiger partial charge in [0, 0.05) is 37.2 Å². The third-order valence-electron chi connectivity index (χ3n) is 9.52. The fourth-order valence-electron chi connectivity index (χ4n) is 6.88. The lowest BCUT2D eigenvalue weighted by Gasteiger charge is -2.26. The molecule has 50 heavy (non-hydrogen) atoms. The SMILES string of the molecule is c1ccc(-c2ccc(-c3ccc(-c4ccc(N(c5ccccc5)c5ccc(-c6ccc7sc8ccccc8c7c6)cc5)cc4)cc3)cc2)cc1. The van der Waals surface area contributed by atoms with E-state index in [2.05, 4.69) is 205 Å². The highest BCUT2D eigenvalue weighted by Gasteiger charge is 2.14. The Bertz CT molecular complexity index is 2530. The first kappa shape index (κ1) is 29.9. The van der Waals surface area contributed by atoms with Gasteiger partial charge in [0.2, 0.25) is 0 Å². The van der Waals surface area contributed by atoms with Crippen molar-refractivity contribution < 1.29 is 0 Å². The van der Waals surface area contributed by atoms with Gasteiger partial charge in [-0.2, -0.15) is 0 Å². The minimum absolute atomic E-state index is 1.12. The van der Waals surface area contributed by atoms with Crippen molar-refractivity contribution in [3.05, 3.63) is 200 Å². The predicted octanol–water partition coefficient (Wildman–Crippen LogP) is 14.2. The van der Waals surface area contributed by atoms with Crippen molar-refractivity contribution in [2.45, 2.75) is 0 Å². The predicted molar refractivity (Wildman–Crippen MR) is 216 cm³/mol. The molecule has 0 N–H and O–H groups in total. The first-order valence-corrected chi connectivity index (χ1v) is 17.8. The van der Waals surface area contributed by atoms with Crippen LogP contribution in [0.15, 0.2) is 200 Å². The zero-order chi connectivity index (χ0) is 33.3. The largest absolute Gasteiger partial charge is 0.311 e. The summed E-state index contributed by atoms with van der Waals surface area (Å²) >= 11 is 1.86. The van der Waals surface area contributed by atoms with Crippen molar-refractivity contribution in [2.75, 3.05) is 4.90 Å². The van der Waals surface area contributed by atoms with Crippen LogP contribution in [0.5, 0.6) is 0 Å². The van der Waals surface area contributed by atoms with E-state index in [1.807, 2.05) is 11.3 Å². The van der Waals surface area contributed by atoms with Gasteiger partial charge in [0.1, 0.15) is 0 Å². The quantitative estimate of drug-likeness (QED) is 0.165. The molecule has 1 aromatic heterocycles. The number of hydrogen-bond donors (Lipinski definition) is 0. The molecule has 0 aliphatic heterocycles. The van der Waals surface area contributed by atoms with E-state index in [1.54, 1.807) is 0 Å². The van der Waals surface area contributed by atoms with E-state index in [4.69, 9.17) is 0 Å². The van der Waals surface area contributed by atoms with Crippen LogP contribution in [0.3, 0.4) is 0 Å². The number of rotatable bonds is 7. The molecule has 236 valence electrons. The molecular formula is C48H33NS. The number of benzene rings is 8. The summed E-state index contributed by atoms with van der Waals surface area (Å²) in [5.74, 6) is 0. The molecule has 0 saturated heterocycles. The summed E-state index contributed by atoms with van der Waals surface area (Å²) in [7, 11) is 0. The number of para-hydroxylation sites is 1. The van der Waals surface area contributed by atoms with Gasteiger partial charge in [-0.1, -0.05) is 146 Å². The first-order chi connectivity index (χ1) is 24.8. The van der Waals surface area contributed by atoms with E-state index in [9.17, 15) is 0 Å². The van der Waals surface area contributed by atoms with E-state index in [0.717, 1.165) is 17.1 Å². The minimum Gasteiger partial charge on any atom is -0.311 e. The second-order valence-electron chi connectivity index (χ2n) is 12.6. The Hall–Kier alpha value is -6.22. The standard InChI is InChI=1S/C48H33NS/c1-3-9-34(10-4-1)35-15-17-36(18-16-35)37-19-21-38(22-20-37)39-23-28-43(29-24-39)49(42-11-5-2-6-12-42)44-30-25-40(26-31-44)41-27-32-48-46(33-41)45-13-7-8-14-47(45)50-48/h1-33H. The Morgan fingerprint density at radius 3 is 1.16 bits per heavy atom. The fraction of sp³-hybridized carbons (Fsp3) is 0. The lowest BCUT2D eigenvalue weighted by molar-refractivity contribution is 1.28. The summed E-state index contributed by atoms with van der Waals surface area (Å²) in [5, 5.41) is 2.65. The zero-order valence-electron chi connectivity index (χ0n) is 27.4. The van der Waals surface area contributed by atoms with Crippen LogP contribution in [0.2, 0.25) is 0 Å². The number of anilines is 3. The second kappa shape index (κ2) is 13.0. The van der Waals surface area contributed by atoms with Gasteiger partial charge in [-0.15, -0.1) is 11.3 Å². The lowest BCUT2D eigenvalue weighted by atomic mass is 9.98. The van der Waals surface area contributed by atoms with Gasteiger partial charge in [0.15, 0.2) is 0 Å². The lowest BCUT2D eigenvalue weighted by Crippen LogP contribution is -2.09. The molecule has 0 aliphatic rings. The summed E-state index contributed by atoms with van der Waals surface area (Å²) in [6.45, 7) is 0. The van der Waals surface area contributed by atoms with Crippen molar-refractivity contribution in [3.63, 3.8) is 0 Å². The Kier molecular flexibility index (Phi) is 7.77. The minimum atomic E-state index is 1.12. The first-order valence-electron chi connectivity index (χ1n) is 17.0. The summed E-state index contributed by atoms with van der Waals surface area (Å²) in [6.07, 6.45) is 0. The average molecular weight is 656 g/mol. The molecule has 1 heterocycles. The van der Waals surface area contributed by atoms with Crippen molar-refractivity contribution in [2.24, 2.45) is 0 Å². The van der Waals surface area contributed by atoms with Crippen LogP contribution in [-0.2, 0) is 0 Å². The molecule has 0 saturated carbocycles. The van der Waals surface area contributed by atoms with E-state index >= 15 is 0 Å². The van der Waals surface area contributed by atoms with Gasteiger partial charge < -0.3 is 4.90 Å². The van der Waals surface area contributed by atoms with E-state index in [0.29, 0.717) is 0 Å². The van der Waals surface area contributed by atoms with Crippen LogP contribution < -0.4 is 4.90 Å². The Morgan fingerprint density at radius 1 is 0.260 bits per heavy atom. The normalized spacial score (nSPS) is 11.2. The molecule has 0 fully saturated rings. The molecule has 0 amide bonds. The molecule has 0 aliphatic carbocycles. The third kappa shape index (κ3) is 5.77. The Balaban J connectivity index is 0.977. The summed E-state index contributed by atoms with van der Waals surface area (Å²) in [6, 6.07) is 72.2. The van der Waals surface area contributed by atoms with Crippen molar-refractivity contribution >= 4 is 48.6 Å². The van der Waals surface area contributed by atoms with E-state index in [-0.39, 0.29) is 0 Å². The molecule has 0 atom stereocenters. The average Bonchev–Trinajstić information content (AvgIpc) is 3.58. The van der Waals surface area contributed by atoms with Crippen LogP contribution in [0, 0.1) is 0 Å². The molecule has 0 unspecified atom stereocenters. The molecule has 0 bridgehead atoms. The molecule has 1 nitrogen and oxygen atoms in total. The van der Waals surface area contributed by atoms with Gasteiger partial charge in [-0.05, 0) is 99.1 Å². The molecule has 2 heteroatoms. The van der Waals surface area contributed by atoms with Crippen LogP contribution in [0.1, 0.15) is 0 Å². The number of nitrogens with zero attached hydrogens (tertiary/aromatic N) is 1. The smallest absolute Gasteiger partial charge is 0.0462 e. The van der Waals surface area contributed by atoms with Crippen LogP contribution in [-0.4, -0.2) is 0 Å². The third-order valence-corrected chi connectivity index (χ3v) is 10.7. The van der Waals surface area contributed by atoms with Crippen LogP contribution in [0.4, 0.5) is 17.1 Å². The molecule has 9 rings (SSSR count). The molecular weight excluding hydrogens is 623 g/mol. The summed E-state index contributed by atoms with van der Waals surface area (Å²) in [4.78, 5) is 2.32. The maximum Gasteiger partial charge on any atom is 0.0462 e. The van der Waals surface area contributed by atoms with Gasteiger partial charge in [-0.25, -0.2) is 0 Å². The topological polar surface area (TPSA) is 3.24 Å². The highest BCUT2D eigenvalue weighted by molar-refractivity contribution is 7.25. The van der Waals surface area contributed by atoms with Gasteiger partial charge in [0.05, 0.1) is 0 Å². The monoisotopic (exact) mass is 655 g/mol. The number of hydrogen-bond acceptors (Lipinski definition) is 2. The van der Waals surface area contributed by atoms with E-state index in [1.165, 1.54) is 64.7 Å².